The lowest BCUT2D eigenvalue weighted by molar-refractivity contribution is 0.102. The molecule has 128 valence electrons. The molecule has 0 atom stereocenters. The Morgan fingerprint density at radius 3 is 2.36 bits per heavy atom. The normalized spacial score (nSPS) is 10.8. The van der Waals surface area contributed by atoms with Gasteiger partial charge in [-0.05, 0) is 66.2 Å². The minimum Gasteiger partial charge on any atom is -0.319 e. The molecule has 1 N–H and O–H groups in total. The molecule has 0 bridgehead atoms. The van der Waals surface area contributed by atoms with Crippen LogP contribution in [0, 0.1) is 25.5 Å². The Morgan fingerprint density at radius 2 is 1.80 bits per heavy atom. The van der Waals surface area contributed by atoms with Gasteiger partial charge in [-0.3, -0.25) is 4.79 Å². The quantitative estimate of drug-likeness (QED) is 0.681. The average molecular weight is 406 g/mol. The maximum atomic E-state index is 13.6. The van der Waals surface area contributed by atoms with E-state index in [4.69, 9.17) is 0 Å². The Bertz CT molecular complexity index is 952. The van der Waals surface area contributed by atoms with Crippen LogP contribution in [0.25, 0.3) is 5.69 Å². The number of halogens is 3. The van der Waals surface area contributed by atoms with Gasteiger partial charge < -0.3 is 5.32 Å². The Morgan fingerprint density at radius 1 is 1.12 bits per heavy atom. The van der Waals surface area contributed by atoms with E-state index in [1.165, 1.54) is 6.07 Å². The van der Waals surface area contributed by atoms with E-state index in [0.29, 0.717) is 5.56 Å². The molecule has 0 unspecified atom stereocenters. The van der Waals surface area contributed by atoms with Gasteiger partial charge in [-0.1, -0.05) is 0 Å². The molecule has 1 heterocycles. The lowest BCUT2D eigenvalue weighted by Crippen LogP contribution is -2.13. The van der Waals surface area contributed by atoms with Crippen molar-refractivity contribution in [1.82, 2.24) is 9.78 Å². The van der Waals surface area contributed by atoms with Crippen LogP contribution in [0.15, 0.2) is 46.9 Å². The zero-order valence-corrected chi connectivity index (χ0v) is 15.1. The number of nitrogens with zero attached hydrogens (tertiary/aromatic N) is 2. The van der Waals surface area contributed by atoms with E-state index in [2.05, 4.69) is 26.3 Å². The zero-order chi connectivity index (χ0) is 18.1. The molecular formula is C18H14BrF2N3O. The summed E-state index contributed by atoms with van der Waals surface area (Å²) in [5.74, 6) is -2.00. The van der Waals surface area contributed by atoms with E-state index in [1.54, 1.807) is 28.9 Å². The lowest BCUT2D eigenvalue weighted by Gasteiger charge is -2.08. The number of carbonyl (C=O) groups is 1. The lowest BCUT2D eigenvalue weighted by atomic mass is 10.2. The second-order valence-corrected chi connectivity index (χ2v) is 6.31. The summed E-state index contributed by atoms with van der Waals surface area (Å²) in [7, 11) is 0. The highest BCUT2D eigenvalue weighted by molar-refractivity contribution is 9.10. The van der Waals surface area contributed by atoms with Gasteiger partial charge in [0, 0.05) is 11.6 Å². The molecule has 3 aromatic rings. The van der Waals surface area contributed by atoms with Crippen molar-refractivity contribution >= 4 is 27.5 Å². The second kappa shape index (κ2) is 6.76. The summed E-state index contributed by atoms with van der Waals surface area (Å²) in [4.78, 5) is 12.2. The van der Waals surface area contributed by atoms with E-state index < -0.39 is 17.5 Å². The number of aromatic nitrogens is 2. The van der Waals surface area contributed by atoms with Crippen molar-refractivity contribution in [1.29, 1.82) is 0 Å². The highest BCUT2D eigenvalue weighted by Crippen LogP contribution is 2.23. The van der Waals surface area contributed by atoms with Crippen LogP contribution >= 0.6 is 15.9 Å². The standard InChI is InChI=1S/C18H14BrF2N3O/c1-10-17(19)11(2)24(23-10)14-6-3-12(4-7-14)18(25)22-16-8-5-13(20)9-15(16)21/h3-9H,1-2H3,(H,22,25). The average Bonchev–Trinajstić information content (AvgIpc) is 2.85. The maximum absolute atomic E-state index is 13.6. The first-order valence-corrected chi connectivity index (χ1v) is 8.24. The number of hydrogen-bond donors (Lipinski definition) is 1. The molecule has 0 aliphatic heterocycles. The van der Waals surface area contributed by atoms with Crippen molar-refractivity contribution < 1.29 is 13.6 Å². The van der Waals surface area contributed by atoms with Crippen LogP contribution in [-0.2, 0) is 0 Å². The number of hydrogen-bond acceptors (Lipinski definition) is 2. The summed E-state index contributed by atoms with van der Waals surface area (Å²) in [5.41, 5.74) is 2.90. The minimum absolute atomic E-state index is 0.0713. The van der Waals surface area contributed by atoms with Gasteiger partial charge in [-0.15, -0.1) is 0 Å². The van der Waals surface area contributed by atoms with Crippen LogP contribution in [0.5, 0.6) is 0 Å². The molecule has 1 aromatic heterocycles. The molecule has 2 aromatic carbocycles. The molecule has 0 saturated carbocycles. The summed E-state index contributed by atoms with van der Waals surface area (Å²) in [5, 5.41) is 6.85. The fourth-order valence-electron chi connectivity index (χ4n) is 2.41. The Labute approximate surface area is 151 Å². The van der Waals surface area contributed by atoms with Gasteiger partial charge in [0.25, 0.3) is 5.91 Å². The maximum Gasteiger partial charge on any atom is 0.255 e. The largest absolute Gasteiger partial charge is 0.319 e. The molecular weight excluding hydrogens is 392 g/mol. The van der Waals surface area contributed by atoms with E-state index in [-0.39, 0.29) is 5.69 Å². The van der Waals surface area contributed by atoms with Gasteiger partial charge in [-0.25, -0.2) is 13.5 Å². The summed E-state index contributed by atoms with van der Waals surface area (Å²) in [6.45, 7) is 3.83. The highest BCUT2D eigenvalue weighted by Gasteiger charge is 2.13. The number of nitrogens with one attached hydrogen (secondary N) is 1. The van der Waals surface area contributed by atoms with Crippen molar-refractivity contribution in [2.24, 2.45) is 0 Å². The highest BCUT2D eigenvalue weighted by atomic mass is 79.9. The predicted molar refractivity (Wildman–Crippen MR) is 95.0 cm³/mol. The fraction of sp³-hybridized carbons (Fsp3) is 0.111. The van der Waals surface area contributed by atoms with Gasteiger partial charge in [0.15, 0.2) is 0 Å². The third kappa shape index (κ3) is 3.46. The number of anilines is 1. The Balaban J connectivity index is 1.82. The smallest absolute Gasteiger partial charge is 0.255 e. The number of carbonyl (C=O) groups excluding carboxylic acids is 1. The summed E-state index contributed by atoms with van der Waals surface area (Å²) in [6.07, 6.45) is 0. The first-order valence-electron chi connectivity index (χ1n) is 7.45. The van der Waals surface area contributed by atoms with Crippen LogP contribution in [-0.4, -0.2) is 15.7 Å². The van der Waals surface area contributed by atoms with Gasteiger partial charge in [0.1, 0.15) is 11.6 Å². The molecule has 0 aliphatic carbocycles. The van der Waals surface area contributed by atoms with Crippen molar-refractivity contribution in [3.8, 4) is 5.69 Å². The fourth-order valence-corrected chi connectivity index (χ4v) is 2.66. The first-order chi connectivity index (χ1) is 11.9. The molecule has 0 saturated heterocycles. The third-order valence-corrected chi connectivity index (χ3v) is 4.90. The van der Waals surface area contributed by atoms with Crippen molar-refractivity contribution in [2.75, 3.05) is 5.32 Å². The minimum atomic E-state index is -0.822. The first kappa shape index (κ1) is 17.3. The SMILES string of the molecule is Cc1nn(-c2ccc(C(=O)Nc3ccc(F)cc3F)cc2)c(C)c1Br. The Kier molecular flexibility index (Phi) is 4.67. The Hall–Kier alpha value is -2.54. The number of amides is 1. The molecule has 0 radical (unpaired) electrons. The van der Waals surface area contributed by atoms with Crippen LogP contribution < -0.4 is 5.32 Å². The number of benzene rings is 2. The monoisotopic (exact) mass is 405 g/mol. The van der Waals surface area contributed by atoms with Crippen LogP contribution in [0.2, 0.25) is 0 Å². The van der Waals surface area contributed by atoms with Crippen LogP contribution in [0.4, 0.5) is 14.5 Å². The summed E-state index contributed by atoms with van der Waals surface area (Å²) < 4.78 is 29.2. The van der Waals surface area contributed by atoms with Gasteiger partial charge in [0.05, 0.1) is 27.2 Å². The van der Waals surface area contributed by atoms with Gasteiger partial charge in [0.2, 0.25) is 0 Å². The van der Waals surface area contributed by atoms with Gasteiger partial charge in [-0.2, -0.15) is 5.10 Å². The van der Waals surface area contributed by atoms with Crippen molar-refractivity contribution in [3.63, 3.8) is 0 Å². The van der Waals surface area contributed by atoms with Crippen molar-refractivity contribution in [3.05, 3.63) is 75.5 Å². The molecule has 0 aliphatic rings. The summed E-state index contributed by atoms with van der Waals surface area (Å²) >= 11 is 3.47. The second-order valence-electron chi connectivity index (χ2n) is 5.52. The van der Waals surface area contributed by atoms with Crippen LogP contribution in [0.3, 0.4) is 0 Å². The zero-order valence-electron chi connectivity index (χ0n) is 13.5. The van der Waals surface area contributed by atoms with E-state index in [9.17, 15) is 13.6 Å². The number of rotatable bonds is 3. The molecule has 4 nitrogen and oxygen atoms in total. The summed E-state index contributed by atoms with van der Waals surface area (Å²) in [6, 6.07) is 9.74. The molecule has 0 fully saturated rings. The van der Waals surface area contributed by atoms with E-state index >= 15 is 0 Å². The molecule has 3 rings (SSSR count). The van der Waals surface area contributed by atoms with E-state index in [1.807, 2.05) is 13.8 Å². The number of aryl methyl sites for hydroxylation is 1. The van der Waals surface area contributed by atoms with Crippen molar-refractivity contribution in [2.45, 2.75) is 13.8 Å². The molecule has 0 spiro atoms. The molecule has 25 heavy (non-hydrogen) atoms. The predicted octanol–water partition coefficient (Wildman–Crippen LogP) is 4.78. The van der Waals surface area contributed by atoms with Gasteiger partial charge >= 0.3 is 0 Å². The topological polar surface area (TPSA) is 46.9 Å². The van der Waals surface area contributed by atoms with E-state index in [0.717, 1.165) is 33.7 Å². The molecule has 1 amide bonds. The molecule has 7 heteroatoms. The van der Waals surface area contributed by atoms with Crippen LogP contribution in [0.1, 0.15) is 21.7 Å². The third-order valence-electron chi connectivity index (χ3n) is 3.76.